The lowest BCUT2D eigenvalue weighted by atomic mass is 10.1. The van der Waals surface area contributed by atoms with Gasteiger partial charge in [-0.2, -0.15) is 0 Å². The summed E-state index contributed by atoms with van der Waals surface area (Å²) in [5, 5.41) is 12.8. The first kappa shape index (κ1) is 15.3. The van der Waals surface area contributed by atoms with E-state index < -0.39 is 0 Å². The number of phenolic OH excluding ortho intramolecular Hbond substituents is 1. The van der Waals surface area contributed by atoms with E-state index in [4.69, 9.17) is 11.6 Å². The minimum Gasteiger partial charge on any atom is -0.506 e. The van der Waals surface area contributed by atoms with Gasteiger partial charge in [-0.05, 0) is 28.5 Å². The number of hydrogen-bond acceptors (Lipinski definition) is 2. The third-order valence-electron chi connectivity index (χ3n) is 3.64. The van der Waals surface area contributed by atoms with Gasteiger partial charge in [0.15, 0.2) is 0 Å². The van der Waals surface area contributed by atoms with Crippen LogP contribution in [0.5, 0.6) is 5.75 Å². The van der Waals surface area contributed by atoms with Gasteiger partial charge in [0.1, 0.15) is 11.3 Å². The fraction of sp³-hybridized carbons (Fsp3) is 0.0500. The zero-order valence-corrected chi connectivity index (χ0v) is 13.2. The number of para-hydroxylation sites is 1. The predicted molar refractivity (Wildman–Crippen MR) is 96.9 cm³/mol. The van der Waals surface area contributed by atoms with Gasteiger partial charge in [-0.1, -0.05) is 60.7 Å². The van der Waals surface area contributed by atoms with E-state index in [0.717, 1.165) is 5.39 Å². The molecule has 0 aliphatic carbocycles. The van der Waals surface area contributed by atoms with E-state index in [1.807, 2.05) is 36.4 Å². The molecule has 0 bridgehead atoms. The summed E-state index contributed by atoms with van der Waals surface area (Å²) in [5.41, 5.74) is 1.87. The third kappa shape index (κ3) is 3.43. The quantitative estimate of drug-likeness (QED) is 0.468. The highest BCUT2D eigenvalue weighted by Gasteiger charge is 1.97. The molecule has 3 aromatic carbocycles. The number of pyridine rings is 1. The summed E-state index contributed by atoms with van der Waals surface area (Å²) in [4.78, 5) is 4.03. The molecule has 1 aromatic heterocycles. The Labute approximate surface area is 140 Å². The van der Waals surface area contributed by atoms with Crippen molar-refractivity contribution in [2.45, 2.75) is 5.88 Å². The van der Waals surface area contributed by atoms with E-state index in [0.29, 0.717) is 11.4 Å². The predicted octanol–water partition coefficient (Wildman–Crippen LogP) is 5.52. The van der Waals surface area contributed by atoms with Crippen LogP contribution in [-0.2, 0) is 5.88 Å². The molecule has 0 radical (unpaired) electrons. The number of aromatic nitrogens is 1. The van der Waals surface area contributed by atoms with Crippen molar-refractivity contribution in [1.29, 1.82) is 0 Å². The summed E-state index contributed by atoms with van der Waals surface area (Å²) in [6, 6.07) is 23.6. The van der Waals surface area contributed by atoms with Crippen molar-refractivity contribution < 1.29 is 5.11 Å². The highest BCUT2D eigenvalue weighted by Crippen LogP contribution is 2.21. The number of aromatic hydroxyl groups is 1. The molecule has 0 aliphatic heterocycles. The summed E-state index contributed by atoms with van der Waals surface area (Å²) in [7, 11) is 0. The van der Waals surface area contributed by atoms with Crippen LogP contribution in [0.3, 0.4) is 0 Å². The van der Waals surface area contributed by atoms with Gasteiger partial charge < -0.3 is 5.11 Å². The summed E-state index contributed by atoms with van der Waals surface area (Å²) in [6.45, 7) is 0. The van der Waals surface area contributed by atoms with Crippen molar-refractivity contribution in [3.63, 3.8) is 0 Å². The van der Waals surface area contributed by atoms with Gasteiger partial charge in [0, 0.05) is 17.5 Å². The van der Waals surface area contributed by atoms with Crippen LogP contribution in [0, 0.1) is 0 Å². The van der Waals surface area contributed by atoms with E-state index >= 15 is 0 Å². The highest BCUT2D eigenvalue weighted by atomic mass is 35.5. The number of alkyl halides is 1. The molecule has 23 heavy (non-hydrogen) atoms. The average Bonchev–Trinajstić information content (AvgIpc) is 2.62. The number of nitrogens with zero attached hydrogens (tertiary/aromatic N) is 1. The largest absolute Gasteiger partial charge is 0.506 e. The molecular formula is C20H16ClNO. The lowest BCUT2D eigenvalue weighted by Crippen LogP contribution is -1.79. The van der Waals surface area contributed by atoms with Crippen LogP contribution in [0.15, 0.2) is 79.0 Å². The fourth-order valence-electron chi connectivity index (χ4n) is 2.50. The maximum Gasteiger partial charge on any atom is 0.141 e. The Morgan fingerprint density at radius 1 is 0.783 bits per heavy atom. The molecule has 0 saturated heterocycles. The van der Waals surface area contributed by atoms with Crippen LogP contribution in [0.2, 0.25) is 0 Å². The second-order valence-electron chi connectivity index (χ2n) is 5.12. The second-order valence-corrected chi connectivity index (χ2v) is 5.39. The van der Waals surface area contributed by atoms with E-state index in [-0.39, 0.29) is 5.75 Å². The molecule has 114 valence electrons. The van der Waals surface area contributed by atoms with E-state index in [1.165, 1.54) is 16.3 Å². The van der Waals surface area contributed by atoms with E-state index in [9.17, 15) is 5.11 Å². The van der Waals surface area contributed by atoms with Gasteiger partial charge in [-0.25, -0.2) is 0 Å². The van der Waals surface area contributed by atoms with Crippen molar-refractivity contribution >= 4 is 33.3 Å². The Bertz CT molecular complexity index is 926. The molecule has 4 rings (SSSR count). The maximum atomic E-state index is 9.31. The number of fused-ring (bicyclic) bond motifs is 2. The normalized spacial score (nSPS) is 10.3. The topological polar surface area (TPSA) is 33.1 Å². The molecule has 1 N–H and O–H groups in total. The number of rotatable bonds is 1. The Balaban J connectivity index is 0.000000136. The lowest BCUT2D eigenvalue weighted by molar-refractivity contribution is 0.480. The number of hydrogen-bond donors (Lipinski definition) is 1. The third-order valence-corrected chi connectivity index (χ3v) is 3.92. The summed E-state index contributed by atoms with van der Waals surface area (Å²) in [6.07, 6.45) is 1.67. The number of halogens is 1. The van der Waals surface area contributed by atoms with Gasteiger partial charge >= 0.3 is 0 Å². The fourth-order valence-corrected chi connectivity index (χ4v) is 2.73. The van der Waals surface area contributed by atoms with E-state index in [2.05, 4.69) is 29.2 Å². The first-order chi connectivity index (χ1) is 11.3. The zero-order chi connectivity index (χ0) is 16.1. The number of phenols is 1. The number of benzene rings is 3. The molecule has 3 heteroatoms. The first-order valence-electron chi connectivity index (χ1n) is 7.35. The minimum atomic E-state index is 0.239. The van der Waals surface area contributed by atoms with Gasteiger partial charge in [0.25, 0.3) is 0 Å². The Hall–Kier alpha value is -2.58. The van der Waals surface area contributed by atoms with Crippen LogP contribution in [0.4, 0.5) is 0 Å². The molecule has 0 saturated carbocycles. The summed E-state index contributed by atoms with van der Waals surface area (Å²) in [5.74, 6) is 0.824. The van der Waals surface area contributed by atoms with Gasteiger partial charge in [0.2, 0.25) is 0 Å². The molecule has 2 nitrogen and oxygen atoms in total. The summed E-state index contributed by atoms with van der Waals surface area (Å²) >= 11 is 5.81. The SMILES string of the molecule is ClCc1cccc2ccccc12.Oc1cccc2cccnc12. The van der Waals surface area contributed by atoms with Crippen molar-refractivity contribution in [1.82, 2.24) is 4.98 Å². The van der Waals surface area contributed by atoms with E-state index in [1.54, 1.807) is 18.3 Å². The zero-order valence-electron chi connectivity index (χ0n) is 12.5. The monoisotopic (exact) mass is 321 g/mol. The molecule has 0 atom stereocenters. The highest BCUT2D eigenvalue weighted by molar-refractivity contribution is 6.18. The Morgan fingerprint density at radius 3 is 2.30 bits per heavy atom. The minimum absolute atomic E-state index is 0.239. The smallest absolute Gasteiger partial charge is 0.141 e. The first-order valence-corrected chi connectivity index (χ1v) is 7.88. The van der Waals surface area contributed by atoms with Crippen molar-refractivity contribution in [2.24, 2.45) is 0 Å². The lowest BCUT2D eigenvalue weighted by Gasteiger charge is -2.01. The maximum absolute atomic E-state index is 9.31. The van der Waals surface area contributed by atoms with Crippen LogP contribution < -0.4 is 0 Å². The second kappa shape index (κ2) is 7.12. The van der Waals surface area contributed by atoms with Crippen LogP contribution >= 0.6 is 11.6 Å². The molecule has 0 amide bonds. The van der Waals surface area contributed by atoms with Crippen molar-refractivity contribution in [3.05, 3.63) is 84.6 Å². The molecular weight excluding hydrogens is 306 g/mol. The molecule has 1 heterocycles. The van der Waals surface area contributed by atoms with Gasteiger partial charge in [-0.15, -0.1) is 11.6 Å². The average molecular weight is 322 g/mol. The molecule has 0 fully saturated rings. The Morgan fingerprint density at radius 2 is 1.48 bits per heavy atom. The van der Waals surface area contributed by atoms with Crippen molar-refractivity contribution in [3.8, 4) is 5.75 Å². The van der Waals surface area contributed by atoms with Gasteiger partial charge in [-0.3, -0.25) is 4.98 Å². The van der Waals surface area contributed by atoms with Crippen LogP contribution in [0.1, 0.15) is 5.56 Å². The van der Waals surface area contributed by atoms with Gasteiger partial charge in [0.05, 0.1) is 0 Å². The standard InChI is InChI=1S/C11H9Cl.C9H7NO/c12-8-10-6-3-5-9-4-1-2-7-11(9)10;11-8-5-1-3-7-4-2-6-10-9(7)8/h1-7H,8H2;1-6,11H. The molecule has 4 aromatic rings. The Kier molecular flexibility index (Phi) is 4.74. The molecule has 0 aliphatic rings. The summed E-state index contributed by atoms with van der Waals surface area (Å²) < 4.78 is 0. The van der Waals surface area contributed by atoms with Crippen LogP contribution in [-0.4, -0.2) is 10.1 Å². The molecule has 0 unspecified atom stereocenters. The van der Waals surface area contributed by atoms with Crippen LogP contribution in [0.25, 0.3) is 21.7 Å². The molecule has 0 spiro atoms. The van der Waals surface area contributed by atoms with Crippen molar-refractivity contribution in [2.75, 3.05) is 0 Å².